The number of nitrogens with one attached hydrogen (secondary N) is 1. The van der Waals surface area contributed by atoms with Crippen LogP contribution in [0.15, 0.2) is 22.7 Å². The van der Waals surface area contributed by atoms with Crippen molar-refractivity contribution in [2.24, 2.45) is 0 Å². The molecule has 17 heavy (non-hydrogen) atoms. The van der Waals surface area contributed by atoms with Crippen LogP contribution in [0.3, 0.4) is 0 Å². The lowest BCUT2D eigenvalue weighted by atomic mass is 10.1. The third-order valence-corrected chi connectivity index (χ3v) is 2.84. The van der Waals surface area contributed by atoms with Crippen LogP contribution in [0.2, 0.25) is 0 Å². The van der Waals surface area contributed by atoms with Crippen LogP contribution in [0.1, 0.15) is 25.5 Å². The molecule has 1 rings (SSSR count). The van der Waals surface area contributed by atoms with E-state index in [4.69, 9.17) is 4.74 Å². The number of benzene rings is 1. The van der Waals surface area contributed by atoms with Gasteiger partial charge in [0.2, 0.25) is 0 Å². The van der Waals surface area contributed by atoms with Gasteiger partial charge in [0.05, 0.1) is 6.10 Å². The van der Waals surface area contributed by atoms with Crippen molar-refractivity contribution >= 4 is 21.8 Å². The Balaban J connectivity index is 2.96. The number of hydrogen-bond donors (Lipinski definition) is 2. The summed E-state index contributed by atoms with van der Waals surface area (Å²) in [5.74, 6) is 0.298. The second-order valence-electron chi connectivity index (χ2n) is 3.73. The van der Waals surface area contributed by atoms with Crippen LogP contribution in [-0.4, -0.2) is 24.2 Å². The molecule has 5 heteroatoms. The number of amides is 1. The fourth-order valence-electron chi connectivity index (χ4n) is 1.40. The highest BCUT2D eigenvalue weighted by Gasteiger charge is 2.16. The minimum Gasteiger partial charge on any atom is -0.480 e. The molecule has 1 aromatic rings. The first kappa shape index (κ1) is 14.0. The lowest BCUT2D eigenvalue weighted by molar-refractivity contribution is -0.126. The number of rotatable bonds is 4. The topological polar surface area (TPSA) is 58.6 Å². The highest BCUT2D eigenvalue weighted by Crippen LogP contribution is 2.29. The Kier molecular flexibility index (Phi) is 4.96. The lowest BCUT2D eigenvalue weighted by Gasteiger charge is -2.17. The first-order valence-corrected chi connectivity index (χ1v) is 6.10. The second-order valence-corrected chi connectivity index (χ2v) is 4.65. The van der Waals surface area contributed by atoms with E-state index in [1.165, 1.54) is 0 Å². The van der Waals surface area contributed by atoms with Gasteiger partial charge in [-0.15, -0.1) is 0 Å². The maximum absolute atomic E-state index is 11.4. The van der Waals surface area contributed by atoms with Crippen molar-refractivity contribution in [2.45, 2.75) is 26.1 Å². The average Bonchev–Trinajstić information content (AvgIpc) is 2.27. The van der Waals surface area contributed by atoms with Crippen molar-refractivity contribution in [1.82, 2.24) is 5.32 Å². The summed E-state index contributed by atoms with van der Waals surface area (Å²) in [6.45, 7) is 3.31. The van der Waals surface area contributed by atoms with Crippen molar-refractivity contribution in [3.05, 3.63) is 28.2 Å². The first-order chi connectivity index (χ1) is 7.95. The molecule has 0 saturated carbocycles. The van der Waals surface area contributed by atoms with Gasteiger partial charge in [0.15, 0.2) is 6.10 Å². The van der Waals surface area contributed by atoms with Crippen molar-refractivity contribution < 1.29 is 14.6 Å². The van der Waals surface area contributed by atoms with E-state index in [1.54, 1.807) is 33.0 Å². The first-order valence-electron chi connectivity index (χ1n) is 5.31. The summed E-state index contributed by atoms with van der Waals surface area (Å²) in [4.78, 5) is 11.4. The molecular formula is C12H16BrNO3. The molecule has 0 aliphatic carbocycles. The van der Waals surface area contributed by atoms with E-state index in [0.717, 1.165) is 4.47 Å². The minimum absolute atomic E-state index is 0.207. The molecule has 2 unspecified atom stereocenters. The van der Waals surface area contributed by atoms with Crippen LogP contribution in [0.5, 0.6) is 5.75 Å². The molecule has 0 aliphatic rings. The van der Waals surface area contributed by atoms with Gasteiger partial charge in [-0.2, -0.15) is 0 Å². The summed E-state index contributed by atoms with van der Waals surface area (Å²) < 4.78 is 6.37. The summed E-state index contributed by atoms with van der Waals surface area (Å²) in [6, 6.07) is 5.32. The summed E-state index contributed by atoms with van der Waals surface area (Å²) in [5, 5.41) is 12.1. The highest BCUT2D eigenvalue weighted by molar-refractivity contribution is 9.10. The Morgan fingerprint density at radius 3 is 2.65 bits per heavy atom. The van der Waals surface area contributed by atoms with Crippen LogP contribution in [-0.2, 0) is 4.79 Å². The quantitative estimate of drug-likeness (QED) is 0.894. The van der Waals surface area contributed by atoms with Crippen LogP contribution in [0, 0.1) is 0 Å². The Hall–Kier alpha value is -1.07. The molecular weight excluding hydrogens is 286 g/mol. The number of aliphatic hydroxyl groups excluding tert-OH is 1. The van der Waals surface area contributed by atoms with Crippen molar-refractivity contribution in [2.75, 3.05) is 7.05 Å². The van der Waals surface area contributed by atoms with Gasteiger partial charge in [-0.25, -0.2) is 0 Å². The van der Waals surface area contributed by atoms with Gasteiger partial charge in [-0.1, -0.05) is 22.0 Å². The molecule has 94 valence electrons. The number of likely N-dealkylation sites (N-methyl/N-ethyl adjacent to an activating group) is 1. The summed E-state index contributed by atoms with van der Waals surface area (Å²) in [6.07, 6.45) is -1.25. The summed E-state index contributed by atoms with van der Waals surface area (Å²) in [7, 11) is 1.55. The van der Waals surface area contributed by atoms with E-state index in [9.17, 15) is 9.90 Å². The minimum atomic E-state index is -0.644. The Labute approximate surface area is 109 Å². The Morgan fingerprint density at radius 2 is 2.12 bits per heavy atom. The van der Waals surface area contributed by atoms with E-state index < -0.39 is 12.2 Å². The van der Waals surface area contributed by atoms with Crippen LogP contribution < -0.4 is 10.1 Å². The monoisotopic (exact) mass is 301 g/mol. The van der Waals surface area contributed by atoms with Gasteiger partial charge >= 0.3 is 0 Å². The van der Waals surface area contributed by atoms with Crippen molar-refractivity contribution in [1.29, 1.82) is 0 Å². The number of aliphatic hydroxyl groups is 1. The zero-order chi connectivity index (χ0) is 13.0. The zero-order valence-corrected chi connectivity index (χ0v) is 11.6. The van der Waals surface area contributed by atoms with Gasteiger partial charge in [0, 0.05) is 17.1 Å². The predicted octanol–water partition coefficient (Wildman–Crippen LogP) is 2.02. The number of carbonyl (C=O) groups is 1. The predicted molar refractivity (Wildman–Crippen MR) is 68.9 cm³/mol. The average molecular weight is 302 g/mol. The number of carbonyl (C=O) groups excluding carboxylic acids is 1. The molecule has 0 heterocycles. The molecule has 0 spiro atoms. The molecule has 2 atom stereocenters. The third kappa shape index (κ3) is 3.71. The standard InChI is InChI=1S/C12H16BrNO3/c1-7(15)10-5-4-9(13)6-11(10)17-8(2)12(16)14-3/h4-8,15H,1-3H3,(H,14,16). The molecule has 0 aromatic heterocycles. The SMILES string of the molecule is CNC(=O)C(C)Oc1cc(Br)ccc1C(C)O. The largest absolute Gasteiger partial charge is 0.480 e. The lowest BCUT2D eigenvalue weighted by Crippen LogP contribution is -2.34. The maximum atomic E-state index is 11.4. The molecule has 0 fully saturated rings. The molecule has 0 saturated heterocycles. The van der Waals surface area contributed by atoms with Gasteiger partial charge in [0.1, 0.15) is 5.75 Å². The molecule has 1 amide bonds. The maximum Gasteiger partial charge on any atom is 0.260 e. The third-order valence-electron chi connectivity index (χ3n) is 2.35. The fourth-order valence-corrected chi connectivity index (χ4v) is 1.74. The fraction of sp³-hybridized carbons (Fsp3) is 0.417. The van der Waals surface area contributed by atoms with Crippen LogP contribution in [0.25, 0.3) is 0 Å². The molecule has 0 aliphatic heterocycles. The second kappa shape index (κ2) is 6.02. The number of hydrogen-bond acceptors (Lipinski definition) is 3. The number of halogens is 1. The molecule has 0 bridgehead atoms. The summed E-state index contributed by atoms with van der Waals surface area (Å²) in [5.41, 5.74) is 0.656. The number of ether oxygens (including phenoxy) is 1. The zero-order valence-electron chi connectivity index (χ0n) is 10.0. The molecule has 0 radical (unpaired) electrons. The molecule has 2 N–H and O–H groups in total. The van der Waals surface area contributed by atoms with E-state index >= 15 is 0 Å². The van der Waals surface area contributed by atoms with E-state index in [-0.39, 0.29) is 5.91 Å². The van der Waals surface area contributed by atoms with Crippen LogP contribution in [0.4, 0.5) is 0 Å². The van der Waals surface area contributed by atoms with Gasteiger partial charge < -0.3 is 15.2 Å². The Bertz CT molecular complexity index is 407. The van der Waals surface area contributed by atoms with Crippen molar-refractivity contribution in [3.63, 3.8) is 0 Å². The van der Waals surface area contributed by atoms with E-state index in [2.05, 4.69) is 21.2 Å². The van der Waals surface area contributed by atoms with Gasteiger partial charge in [0.25, 0.3) is 5.91 Å². The molecule has 1 aromatic carbocycles. The summed E-state index contributed by atoms with van der Waals surface area (Å²) >= 11 is 3.33. The highest BCUT2D eigenvalue weighted by atomic mass is 79.9. The van der Waals surface area contributed by atoms with Gasteiger partial charge in [-0.3, -0.25) is 4.79 Å². The van der Waals surface area contributed by atoms with Gasteiger partial charge in [-0.05, 0) is 26.0 Å². The van der Waals surface area contributed by atoms with E-state index in [0.29, 0.717) is 11.3 Å². The smallest absolute Gasteiger partial charge is 0.260 e. The molecule has 4 nitrogen and oxygen atoms in total. The van der Waals surface area contributed by atoms with Crippen molar-refractivity contribution in [3.8, 4) is 5.75 Å². The van der Waals surface area contributed by atoms with Crippen LogP contribution >= 0.6 is 15.9 Å². The van der Waals surface area contributed by atoms with E-state index in [1.807, 2.05) is 6.07 Å². The Morgan fingerprint density at radius 1 is 1.47 bits per heavy atom. The normalized spacial score (nSPS) is 13.9.